The van der Waals surface area contributed by atoms with E-state index in [0.717, 1.165) is 24.6 Å². The van der Waals surface area contributed by atoms with Gasteiger partial charge in [0.15, 0.2) is 0 Å². The van der Waals surface area contributed by atoms with Gasteiger partial charge in [-0.15, -0.1) is 0 Å². The Hall–Kier alpha value is -1.47. The number of hydrogen-bond donors (Lipinski definition) is 2. The Kier molecular flexibility index (Phi) is 5.02. The Morgan fingerprint density at radius 1 is 1.47 bits per heavy atom. The first-order chi connectivity index (χ1) is 8.77. The van der Waals surface area contributed by atoms with Gasteiger partial charge in [-0.1, -0.05) is 20.3 Å². The summed E-state index contributed by atoms with van der Waals surface area (Å²) in [5.74, 6) is -2.31. The monoisotopic (exact) mass is 289 g/mol. The van der Waals surface area contributed by atoms with Crippen LogP contribution in [0, 0.1) is 11.7 Å². The molecule has 0 spiro atoms. The second-order valence-electron chi connectivity index (χ2n) is 4.31. The van der Waals surface area contributed by atoms with Gasteiger partial charge in [0.2, 0.25) is 10.0 Å². The molecule has 0 saturated heterocycles. The molecule has 0 saturated carbocycles. The lowest BCUT2D eigenvalue weighted by Gasteiger charge is -2.11. The van der Waals surface area contributed by atoms with Crippen molar-refractivity contribution in [3.63, 3.8) is 0 Å². The van der Waals surface area contributed by atoms with Gasteiger partial charge in [0.25, 0.3) is 0 Å². The lowest BCUT2D eigenvalue weighted by molar-refractivity contribution is 0.0691. The summed E-state index contributed by atoms with van der Waals surface area (Å²) in [6.45, 7) is 4.06. The third-order valence-corrected chi connectivity index (χ3v) is 4.22. The summed E-state index contributed by atoms with van der Waals surface area (Å²) in [5, 5.41) is 8.76. The molecule has 0 bridgehead atoms. The van der Waals surface area contributed by atoms with Gasteiger partial charge in [-0.2, -0.15) is 0 Å². The van der Waals surface area contributed by atoms with Crippen LogP contribution in [0.15, 0.2) is 23.1 Å². The molecule has 19 heavy (non-hydrogen) atoms. The van der Waals surface area contributed by atoms with Crippen LogP contribution >= 0.6 is 0 Å². The first-order valence-electron chi connectivity index (χ1n) is 5.80. The van der Waals surface area contributed by atoms with E-state index in [9.17, 15) is 17.6 Å². The Balaban J connectivity index is 3.02. The van der Waals surface area contributed by atoms with Crippen molar-refractivity contribution in [2.75, 3.05) is 6.54 Å². The molecule has 0 aliphatic rings. The molecule has 106 valence electrons. The Labute approximate surface area is 111 Å². The number of carboxylic acid groups (broad SMARTS) is 1. The molecule has 1 aromatic carbocycles. The van der Waals surface area contributed by atoms with Gasteiger partial charge in [-0.05, 0) is 24.1 Å². The molecular weight excluding hydrogens is 273 g/mol. The molecule has 2 N–H and O–H groups in total. The highest BCUT2D eigenvalue weighted by Crippen LogP contribution is 2.15. The SMILES string of the molecule is CCC(C)CNS(=O)(=O)c1ccc(F)c(C(=O)O)c1. The number of rotatable bonds is 6. The second-order valence-corrected chi connectivity index (χ2v) is 6.08. The van der Waals surface area contributed by atoms with E-state index in [0.29, 0.717) is 0 Å². The van der Waals surface area contributed by atoms with Gasteiger partial charge in [-0.25, -0.2) is 22.3 Å². The van der Waals surface area contributed by atoms with E-state index in [2.05, 4.69) is 4.72 Å². The van der Waals surface area contributed by atoms with Crippen molar-refractivity contribution in [1.29, 1.82) is 0 Å². The summed E-state index contributed by atoms with van der Waals surface area (Å²) < 4.78 is 39.4. The van der Waals surface area contributed by atoms with Crippen molar-refractivity contribution in [2.24, 2.45) is 5.92 Å². The van der Waals surface area contributed by atoms with Crippen LogP contribution in [0.5, 0.6) is 0 Å². The van der Waals surface area contributed by atoms with Gasteiger partial charge >= 0.3 is 5.97 Å². The maximum atomic E-state index is 13.2. The number of carboxylic acids is 1. The number of hydrogen-bond acceptors (Lipinski definition) is 3. The smallest absolute Gasteiger partial charge is 0.338 e. The van der Waals surface area contributed by atoms with Crippen molar-refractivity contribution in [3.8, 4) is 0 Å². The molecule has 0 aromatic heterocycles. The topological polar surface area (TPSA) is 83.5 Å². The number of benzene rings is 1. The molecule has 1 atom stereocenters. The maximum absolute atomic E-state index is 13.2. The number of sulfonamides is 1. The summed E-state index contributed by atoms with van der Waals surface area (Å²) in [4.78, 5) is 10.5. The Morgan fingerprint density at radius 2 is 2.11 bits per heavy atom. The molecule has 1 aromatic rings. The lowest BCUT2D eigenvalue weighted by Crippen LogP contribution is -2.28. The highest BCUT2D eigenvalue weighted by atomic mass is 32.2. The van der Waals surface area contributed by atoms with E-state index >= 15 is 0 Å². The van der Waals surface area contributed by atoms with Crippen molar-refractivity contribution >= 4 is 16.0 Å². The normalized spacial score (nSPS) is 13.2. The largest absolute Gasteiger partial charge is 0.478 e. The summed E-state index contributed by atoms with van der Waals surface area (Å²) in [5.41, 5.74) is -0.661. The zero-order valence-electron chi connectivity index (χ0n) is 10.7. The van der Waals surface area contributed by atoms with E-state index in [1.165, 1.54) is 0 Å². The average Bonchev–Trinajstić information content (AvgIpc) is 2.35. The van der Waals surface area contributed by atoms with Gasteiger partial charge in [0, 0.05) is 6.54 Å². The summed E-state index contributed by atoms with van der Waals surface area (Å²) in [6, 6.07) is 2.69. The third kappa shape index (κ3) is 4.00. The number of carbonyl (C=O) groups is 1. The van der Waals surface area contributed by atoms with Crippen molar-refractivity contribution in [2.45, 2.75) is 25.2 Å². The van der Waals surface area contributed by atoms with Gasteiger partial charge in [-0.3, -0.25) is 0 Å². The van der Waals surface area contributed by atoms with Gasteiger partial charge in [0.1, 0.15) is 5.82 Å². The van der Waals surface area contributed by atoms with Gasteiger partial charge in [0.05, 0.1) is 10.5 Å². The second kappa shape index (κ2) is 6.12. The van der Waals surface area contributed by atoms with Crippen LogP contribution in [0.3, 0.4) is 0 Å². The average molecular weight is 289 g/mol. The summed E-state index contributed by atoms with van der Waals surface area (Å²) >= 11 is 0. The minimum Gasteiger partial charge on any atom is -0.478 e. The number of nitrogens with one attached hydrogen (secondary N) is 1. The van der Waals surface area contributed by atoms with E-state index in [1.807, 2.05) is 13.8 Å². The van der Waals surface area contributed by atoms with Crippen LogP contribution in [0.1, 0.15) is 30.6 Å². The lowest BCUT2D eigenvalue weighted by atomic mass is 10.1. The van der Waals surface area contributed by atoms with E-state index < -0.39 is 27.4 Å². The summed E-state index contributed by atoms with van der Waals surface area (Å²) in [7, 11) is -3.82. The standard InChI is InChI=1S/C12H16FNO4S/c1-3-8(2)7-14-19(17,18)9-4-5-11(13)10(6-9)12(15)16/h4-6,8,14H,3,7H2,1-2H3,(H,15,16). The maximum Gasteiger partial charge on any atom is 0.338 e. The first kappa shape index (κ1) is 15.6. The molecule has 0 heterocycles. The molecule has 0 fully saturated rings. The zero-order chi connectivity index (χ0) is 14.6. The molecule has 1 rings (SSSR count). The molecular formula is C12H16FNO4S. The third-order valence-electron chi connectivity index (χ3n) is 2.80. The van der Waals surface area contributed by atoms with Crippen LogP contribution in [-0.2, 0) is 10.0 Å². The van der Waals surface area contributed by atoms with Crippen molar-refractivity contribution in [1.82, 2.24) is 4.72 Å². The van der Waals surface area contributed by atoms with Crippen molar-refractivity contribution in [3.05, 3.63) is 29.6 Å². The fourth-order valence-corrected chi connectivity index (χ4v) is 2.51. The highest BCUT2D eigenvalue weighted by Gasteiger charge is 2.19. The highest BCUT2D eigenvalue weighted by molar-refractivity contribution is 7.89. The predicted octanol–water partition coefficient (Wildman–Crippen LogP) is 1.85. The molecule has 1 unspecified atom stereocenters. The van der Waals surface area contributed by atoms with E-state index in [-0.39, 0.29) is 17.4 Å². The van der Waals surface area contributed by atoms with Gasteiger partial charge < -0.3 is 5.11 Å². The quantitative estimate of drug-likeness (QED) is 0.837. The molecule has 5 nitrogen and oxygen atoms in total. The van der Waals surface area contributed by atoms with Crippen LogP contribution < -0.4 is 4.72 Å². The van der Waals surface area contributed by atoms with Crippen LogP contribution in [-0.4, -0.2) is 26.0 Å². The van der Waals surface area contributed by atoms with E-state index in [1.54, 1.807) is 0 Å². The predicted molar refractivity (Wildman–Crippen MR) is 68.0 cm³/mol. The molecule has 0 aliphatic carbocycles. The van der Waals surface area contributed by atoms with Crippen LogP contribution in [0.2, 0.25) is 0 Å². The Morgan fingerprint density at radius 3 is 2.63 bits per heavy atom. The van der Waals surface area contributed by atoms with Crippen LogP contribution in [0.4, 0.5) is 4.39 Å². The summed E-state index contributed by atoms with van der Waals surface area (Å²) in [6.07, 6.45) is 0.812. The zero-order valence-corrected chi connectivity index (χ0v) is 11.5. The fraction of sp³-hybridized carbons (Fsp3) is 0.417. The van der Waals surface area contributed by atoms with Crippen molar-refractivity contribution < 1.29 is 22.7 Å². The molecule has 0 amide bonds. The van der Waals surface area contributed by atoms with Crippen LogP contribution in [0.25, 0.3) is 0 Å². The fourth-order valence-electron chi connectivity index (χ4n) is 1.32. The van der Waals surface area contributed by atoms with E-state index in [4.69, 9.17) is 5.11 Å². The molecule has 0 radical (unpaired) electrons. The molecule has 7 heteroatoms. The number of halogens is 1. The first-order valence-corrected chi connectivity index (χ1v) is 7.28. The minimum absolute atomic E-state index is 0.161. The Bertz CT molecular complexity index is 571. The number of aromatic carboxylic acids is 1. The minimum atomic E-state index is -3.82. The molecule has 0 aliphatic heterocycles.